The van der Waals surface area contributed by atoms with Crippen LogP contribution in [0.15, 0.2) is 12.1 Å². The lowest BCUT2D eigenvalue weighted by atomic mass is 10.1. The molecule has 0 radical (unpaired) electrons. The molecule has 0 N–H and O–H groups in total. The van der Waals surface area contributed by atoms with Gasteiger partial charge in [-0.15, -0.1) is 0 Å². The van der Waals surface area contributed by atoms with Crippen LogP contribution >= 0.6 is 0 Å². The number of rotatable bonds is 1. The molecular weight excluding hydrogens is 189 g/mol. The van der Waals surface area contributed by atoms with E-state index in [0.29, 0.717) is 0 Å². The van der Waals surface area contributed by atoms with E-state index in [1.165, 1.54) is 6.07 Å². The van der Waals surface area contributed by atoms with Crippen molar-refractivity contribution in [2.45, 2.75) is 0 Å². The van der Waals surface area contributed by atoms with E-state index in [1.54, 1.807) is 6.07 Å². The molecule has 0 aliphatic heterocycles. The number of nitro groups is 1. The zero-order valence-corrected chi connectivity index (χ0v) is 6.69. The zero-order valence-electron chi connectivity index (χ0n) is 6.69. The second kappa shape index (κ2) is 3.50. The summed E-state index contributed by atoms with van der Waals surface area (Å²) in [6, 6.07) is 4.79. The van der Waals surface area contributed by atoms with E-state index in [2.05, 4.69) is 0 Å². The van der Waals surface area contributed by atoms with E-state index in [-0.39, 0.29) is 5.56 Å². The first-order chi connectivity index (χ1) is 6.60. The van der Waals surface area contributed by atoms with E-state index in [1.807, 2.05) is 0 Å². The van der Waals surface area contributed by atoms with Gasteiger partial charge < -0.3 is 0 Å². The summed E-state index contributed by atoms with van der Waals surface area (Å²) in [6.45, 7) is 0. The first-order valence-corrected chi connectivity index (χ1v) is 3.38. The van der Waals surface area contributed by atoms with Gasteiger partial charge in [-0.05, 0) is 6.07 Å². The van der Waals surface area contributed by atoms with Crippen LogP contribution in [0.2, 0.25) is 0 Å². The Morgan fingerprint density at radius 1 is 1.36 bits per heavy atom. The molecule has 0 atom stereocenters. The van der Waals surface area contributed by atoms with Gasteiger partial charge in [0.1, 0.15) is 6.07 Å². The van der Waals surface area contributed by atoms with Gasteiger partial charge in [-0.2, -0.15) is 14.9 Å². The Balaban J connectivity index is 3.54. The Morgan fingerprint density at radius 2 is 2.00 bits per heavy atom. The van der Waals surface area contributed by atoms with Gasteiger partial charge in [-0.1, -0.05) is 0 Å². The van der Waals surface area contributed by atoms with Crippen LogP contribution in [0.3, 0.4) is 0 Å². The van der Waals surface area contributed by atoms with E-state index < -0.39 is 22.0 Å². The summed E-state index contributed by atoms with van der Waals surface area (Å²) in [4.78, 5) is 9.33. The van der Waals surface area contributed by atoms with Gasteiger partial charge in [0.05, 0.1) is 22.1 Å². The molecule has 0 heterocycles. The fourth-order valence-corrected chi connectivity index (χ4v) is 0.888. The summed E-state index contributed by atoms with van der Waals surface area (Å²) in [5.41, 5.74) is -1.48. The highest BCUT2D eigenvalue weighted by Crippen LogP contribution is 2.21. The minimum atomic E-state index is -1.21. The summed E-state index contributed by atoms with van der Waals surface area (Å²) >= 11 is 0. The van der Waals surface area contributed by atoms with Crippen molar-refractivity contribution >= 4 is 5.69 Å². The van der Waals surface area contributed by atoms with Gasteiger partial charge in [-0.3, -0.25) is 10.1 Å². The molecule has 0 fully saturated rings. The van der Waals surface area contributed by atoms with Crippen LogP contribution in [0.25, 0.3) is 0 Å². The third-order valence-electron chi connectivity index (χ3n) is 1.50. The standard InChI is InChI=1S/C8H2FN3O2/c9-8-6(4-11)1-5(3-10)2-7(8)12(13)14/h1-2H. The van der Waals surface area contributed by atoms with Crippen molar-refractivity contribution in [2.24, 2.45) is 0 Å². The van der Waals surface area contributed by atoms with Crippen LogP contribution in [0.1, 0.15) is 11.1 Å². The molecule has 0 saturated heterocycles. The number of nitriles is 2. The lowest BCUT2D eigenvalue weighted by Gasteiger charge is -1.96. The fraction of sp³-hybridized carbons (Fsp3) is 0. The van der Waals surface area contributed by atoms with E-state index in [0.717, 1.165) is 12.1 Å². The normalized spacial score (nSPS) is 8.79. The highest BCUT2D eigenvalue weighted by atomic mass is 19.1. The monoisotopic (exact) mass is 191 g/mol. The molecule has 0 aromatic heterocycles. The summed E-state index contributed by atoms with van der Waals surface area (Å²) in [5, 5.41) is 27.2. The van der Waals surface area contributed by atoms with Gasteiger partial charge in [0.15, 0.2) is 0 Å². The van der Waals surface area contributed by atoms with Crippen LogP contribution in [0.4, 0.5) is 10.1 Å². The minimum Gasteiger partial charge on any atom is -0.258 e. The van der Waals surface area contributed by atoms with Gasteiger partial charge in [-0.25, -0.2) is 0 Å². The lowest BCUT2D eigenvalue weighted by Crippen LogP contribution is -1.96. The van der Waals surface area contributed by atoms with Gasteiger partial charge in [0.2, 0.25) is 5.82 Å². The predicted molar refractivity (Wildman–Crippen MR) is 42.5 cm³/mol. The van der Waals surface area contributed by atoms with E-state index >= 15 is 0 Å². The zero-order chi connectivity index (χ0) is 10.7. The number of benzene rings is 1. The SMILES string of the molecule is N#Cc1cc(C#N)c(F)c([N+](=O)[O-])c1. The smallest absolute Gasteiger partial charge is 0.258 e. The van der Waals surface area contributed by atoms with Gasteiger partial charge >= 0.3 is 5.69 Å². The average molecular weight is 191 g/mol. The summed E-state index contributed by atoms with van der Waals surface area (Å²) in [5.74, 6) is -1.21. The van der Waals surface area contributed by atoms with Crippen molar-refractivity contribution in [3.8, 4) is 12.1 Å². The molecule has 5 nitrogen and oxygen atoms in total. The molecule has 0 aliphatic carbocycles. The number of nitro benzene ring substituents is 1. The number of hydrogen-bond donors (Lipinski definition) is 0. The van der Waals surface area contributed by atoms with Gasteiger partial charge in [0, 0.05) is 6.07 Å². The van der Waals surface area contributed by atoms with Crippen molar-refractivity contribution < 1.29 is 9.31 Å². The summed E-state index contributed by atoms with van der Waals surface area (Å²) in [7, 11) is 0. The number of hydrogen-bond acceptors (Lipinski definition) is 4. The Hall–Kier alpha value is -2.47. The third kappa shape index (κ3) is 1.50. The molecule has 0 aliphatic rings. The molecule has 1 aromatic rings. The Labute approximate surface area is 77.8 Å². The average Bonchev–Trinajstić information content (AvgIpc) is 2.17. The number of nitrogens with zero attached hydrogens (tertiary/aromatic N) is 3. The molecule has 6 heteroatoms. The topological polar surface area (TPSA) is 90.7 Å². The Bertz CT molecular complexity index is 485. The fourth-order valence-electron chi connectivity index (χ4n) is 0.888. The van der Waals surface area contributed by atoms with Crippen molar-refractivity contribution in [1.82, 2.24) is 0 Å². The Morgan fingerprint density at radius 3 is 2.43 bits per heavy atom. The molecule has 0 saturated carbocycles. The highest BCUT2D eigenvalue weighted by Gasteiger charge is 2.19. The van der Waals surface area contributed by atoms with E-state index in [4.69, 9.17) is 10.5 Å². The molecule has 1 rings (SSSR count). The van der Waals surface area contributed by atoms with Crippen LogP contribution in [0, 0.1) is 38.6 Å². The predicted octanol–water partition coefficient (Wildman–Crippen LogP) is 1.48. The molecule has 68 valence electrons. The maximum Gasteiger partial charge on any atom is 0.307 e. The second-order valence-corrected chi connectivity index (χ2v) is 2.34. The van der Waals surface area contributed by atoms with E-state index in [9.17, 15) is 14.5 Å². The molecule has 0 spiro atoms. The van der Waals surface area contributed by atoms with Crippen LogP contribution in [-0.4, -0.2) is 4.92 Å². The summed E-state index contributed by atoms with van der Waals surface area (Å²) < 4.78 is 13.1. The number of halogens is 1. The Kier molecular flexibility index (Phi) is 2.40. The minimum absolute atomic E-state index is 0.116. The second-order valence-electron chi connectivity index (χ2n) is 2.34. The molecule has 0 unspecified atom stereocenters. The lowest BCUT2D eigenvalue weighted by molar-refractivity contribution is -0.387. The molecular formula is C8H2FN3O2. The maximum atomic E-state index is 13.1. The molecule has 14 heavy (non-hydrogen) atoms. The van der Waals surface area contributed by atoms with Crippen molar-refractivity contribution in [3.63, 3.8) is 0 Å². The first-order valence-electron chi connectivity index (χ1n) is 3.38. The third-order valence-corrected chi connectivity index (χ3v) is 1.50. The first kappa shape index (κ1) is 9.62. The molecule has 0 bridgehead atoms. The van der Waals surface area contributed by atoms with Crippen molar-refractivity contribution in [3.05, 3.63) is 39.2 Å². The van der Waals surface area contributed by atoms with Gasteiger partial charge in [0.25, 0.3) is 0 Å². The highest BCUT2D eigenvalue weighted by molar-refractivity contribution is 5.50. The maximum absolute atomic E-state index is 13.1. The molecule has 0 amide bonds. The quantitative estimate of drug-likeness (QED) is 0.496. The molecule has 1 aromatic carbocycles. The van der Waals surface area contributed by atoms with Crippen molar-refractivity contribution in [2.75, 3.05) is 0 Å². The van der Waals surface area contributed by atoms with Crippen LogP contribution < -0.4 is 0 Å². The van der Waals surface area contributed by atoms with Crippen molar-refractivity contribution in [1.29, 1.82) is 10.5 Å². The van der Waals surface area contributed by atoms with Crippen LogP contribution in [-0.2, 0) is 0 Å². The largest absolute Gasteiger partial charge is 0.307 e. The van der Waals surface area contributed by atoms with Crippen LogP contribution in [0.5, 0.6) is 0 Å². The summed E-state index contributed by atoms with van der Waals surface area (Å²) in [6.07, 6.45) is 0.